The van der Waals surface area contributed by atoms with E-state index in [2.05, 4.69) is 76.5 Å². The molecule has 2 aliphatic heterocycles. The van der Waals surface area contributed by atoms with Crippen molar-refractivity contribution in [3.05, 3.63) is 83.4 Å². The van der Waals surface area contributed by atoms with E-state index < -0.39 is 0 Å². The molecule has 0 aliphatic carbocycles. The topological polar surface area (TPSA) is 23.6 Å². The van der Waals surface area contributed by atoms with Gasteiger partial charge in [0, 0.05) is 26.2 Å². The summed E-state index contributed by atoms with van der Waals surface area (Å²) in [5, 5.41) is 2.62. The molecule has 1 amide bonds. The molecule has 148 valence electrons. The minimum absolute atomic E-state index is 0.129. The molecular formula is C26H28N2O. The molecule has 1 saturated heterocycles. The third-order valence-electron chi connectivity index (χ3n) is 6.57. The molecule has 2 aliphatic rings. The maximum atomic E-state index is 13.3. The minimum Gasteiger partial charge on any atom is -0.338 e. The van der Waals surface area contributed by atoms with Crippen LogP contribution in [0.1, 0.15) is 29.5 Å². The molecule has 0 radical (unpaired) electrons. The Morgan fingerprint density at radius 3 is 2.62 bits per heavy atom. The van der Waals surface area contributed by atoms with Crippen molar-refractivity contribution in [3.8, 4) is 0 Å². The van der Waals surface area contributed by atoms with E-state index in [9.17, 15) is 4.79 Å². The standard InChI is InChI=1S/C26H28N2O/c29-26(28-16-14-20-7-1-2-9-22(20)19-28)24-12-6-15-27(18-24)17-23-11-5-10-21-8-3-4-13-25(21)23/h1-5,7-11,13,24H,6,12,14-19H2. The van der Waals surface area contributed by atoms with Crippen LogP contribution in [0.2, 0.25) is 0 Å². The van der Waals surface area contributed by atoms with Crippen LogP contribution in [-0.2, 0) is 24.3 Å². The highest BCUT2D eigenvalue weighted by Crippen LogP contribution is 2.26. The van der Waals surface area contributed by atoms with Crippen molar-refractivity contribution >= 4 is 16.7 Å². The minimum atomic E-state index is 0.129. The summed E-state index contributed by atoms with van der Waals surface area (Å²) in [6.07, 6.45) is 3.10. The van der Waals surface area contributed by atoms with Gasteiger partial charge in [0.15, 0.2) is 0 Å². The van der Waals surface area contributed by atoms with Crippen LogP contribution in [0.25, 0.3) is 10.8 Å². The number of carbonyl (C=O) groups is 1. The molecule has 1 atom stereocenters. The van der Waals surface area contributed by atoms with Gasteiger partial charge in [-0.05, 0) is 53.3 Å². The number of rotatable bonds is 3. The summed E-state index contributed by atoms with van der Waals surface area (Å²) in [4.78, 5) is 17.8. The van der Waals surface area contributed by atoms with Crippen molar-refractivity contribution in [2.45, 2.75) is 32.4 Å². The van der Waals surface area contributed by atoms with Crippen LogP contribution in [0, 0.1) is 5.92 Å². The zero-order valence-electron chi connectivity index (χ0n) is 16.9. The molecule has 29 heavy (non-hydrogen) atoms. The van der Waals surface area contributed by atoms with Gasteiger partial charge in [-0.3, -0.25) is 9.69 Å². The van der Waals surface area contributed by atoms with Gasteiger partial charge in [-0.2, -0.15) is 0 Å². The first kappa shape index (κ1) is 18.4. The predicted octanol–water partition coefficient (Wildman–Crippen LogP) is 4.64. The SMILES string of the molecule is O=C(C1CCCN(Cc2cccc3ccccc23)C1)N1CCc2ccccc2C1. The Kier molecular flexibility index (Phi) is 5.07. The van der Waals surface area contributed by atoms with E-state index in [1.165, 1.54) is 27.5 Å². The summed E-state index contributed by atoms with van der Waals surface area (Å²) in [6.45, 7) is 4.51. The first-order chi connectivity index (χ1) is 14.3. The number of hydrogen-bond acceptors (Lipinski definition) is 2. The second kappa shape index (κ2) is 8.00. The Morgan fingerprint density at radius 2 is 1.69 bits per heavy atom. The van der Waals surface area contributed by atoms with Crippen molar-refractivity contribution in [1.29, 1.82) is 0 Å². The fourth-order valence-electron chi connectivity index (χ4n) is 5.01. The largest absolute Gasteiger partial charge is 0.338 e. The third kappa shape index (κ3) is 3.79. The average Bonchev–Trinajstić information content (AvgIpc) is 2.79. The molecule has 5 rings (SSSR count). The van der Waals surface area contributed by atoms with Gasteiger partial charge in [-0.15, -0.1) is 0 Å². The number of fused-ring (bicyclic) bond motifs is 2. The van der Waals surface area contributed by atoms with E-state index in [1.54, 1.807) is 0 Å². The lowest BCUT2D eigenvalue weighted by Gasteiger charge is -2.37. The van der Waals surface area contributed by atoms with Crippen LogP contribution >= 0.6 is 0 Å². The van der Waals surface area contributed by atoms with E-state index in [-0.39, 0.29) is 5.92 Å². The number of nitrogens with zero attached hydrogens (tertiary/aromatic N) is 2. The van der Waals surface area contributed by atoms with Gasteiger partial charge in [-0.25, -0.2) is 0 Å². The molecule has 0 bridgehead atoms. The van der Waals surface area contributed by atoms with Gasteiger partial charge < -0.3 is 4.90 Å². The highest BCUT2D eigenvalue weighted by Gasteiger charge is 2.31. The van der Waals surface area contributed by atoms with Gasteiger partial charge in [-0.1, -0.05) is 66.7 Å². The van der Waals surface area contributed by atoms with Crippen molar-refractivity contribution < 1.29 is 4.79 Å². The predicted molar refractivity (Wildman–Crippen MR) is 118 cm³/mol. The number of piperidine rings is 1. The molecule has 3 aromatic rings. The van der Waals surface area contributed by atoms with Gasteiger partial charge >= 0.3 is 0 Å². The third-order valence-corrected chi connectivity index (χ3v) is 6.57. The van der Waals surface area contributed by atoms with Crippen molar-refractivity contribution in [2.24, 2.45) is 5.92 Å². The zero-order chi connectivity index (χ0) is 19.6. The molecule has 0 saturated carbocycles. The van der Waals surface area contributed by atoms with Gasteiger partial charge in [0.05, 0.1) is 5.92 Å². The lowest BCUT2D eigenvalue weighted by molar-refractivity contribution is -0.138. The first-order valence-electron chi connectivity index (χ1n) is 10.8. The second-order valence-electron chi connectivity index (χ2n) is 8.49. The Bertz CT molecular complexity index is 1020. The van der Waals surface area contributed by atoms with Crippen molar-refractivity contribution in [3.63, 3.8) is 0 Å². The van der Waals surface area contributed by atoms with E-state index in [4.69, 9.17) is 0 Å². The molecule has 0 spiro atoms. The van der Waals surface area contributed by atoms with E-state index in [1.807, 2.05) is 0 Å². The molecule has 1 fully saturated rings. The fraction of sp³-hybridized carbons (Fsp3) is 0.346. The summed E-state index contributed by atoms with van der Waals surface area (Å²) in [7, 11) is 0. The summed E-state index contributed by atoms with van der Waals surface area (Å²) < 4.78 is 0. The molecule has 0 N–H and O–H groups in total. The summed E-state index contributed by atoms with van der Waals surface area (Å²) in [5.74, 6) is 0.478. The van der Waals surface area contributed by atoms with Crippen molar-refractivity contribution in [1.82, 2.24) is 9.80 Å². The second-order valence-corrected chi connectivity index (χ2v) is 8.49. The Morgan fingerprint density at radius 1 is 0.897 bits per heavy atom. The smallest absolute Gasteiger partial charge is 0.227 e. The summed E-state index contributed by atoms with van der Waals surface area (Å²) in [5.41, 5.74) is 4.08. The van der Waals surface area contributed by atoms with Gasteiger partial charge in [0.25, 0.3) is 0 Å². The van der Waals surface area contributed by atoms with E-state index >= 15 is 0 Å². The van der Waals surface area contributed by atoms with Crippen LogP contribution < -0.4 is 0 Å². The molecule has 3 nitrogen and oxygen atoms in total. The number of likely N-dealkylation sites (tertiary alicyclic amines) is 1. The summed E-state index contributed by atoms with van der Waals surface area (Å²) >= 11 is 0. The monoisotopic (exact) mass is 384 g/mol. The molecule has 3 aromatic carbocycles. The number of hydrogen-bond donors (Lipinski definition) is 0. The van der Waals surface area contributed by atoms with Crippen molar-refractivity contribution in [2.75, 3.05) is 19.6 Å². The normalized spacial score (nSPS) is 19.9. The summed E-state index contributed by atoms with van der Waals surface area (Å²) in [6, 6.07) is 23.7. The lowest BCUT2D eigenvalue weighted by Crippen LogP contribution is -2.46. The Labute approximate surface area is 172 Å². The molecular weight excluding hydrogens is 356 g/mol. The molecule has 2 heterocycles. The maximum absolute atomic E-state index is 13.3. The highest BCUT2D eigenvalue weighted by atomic mass is 16.2. The number of benzene rings is 3. The van der Waals surface area contributed by atoms with E-state index in [0.29, 0.717) is 5.91 Å². The van der Waals surface area contributed by atoms with Gasteiger partial charge in [0.2, 0.25) is 5.91 Å². The van der Waals surface area contributed by atoms with E-state index in [0.717, 1.165) is 52.0 Å². The number of amides is 1. The highest BCUT2D eigenvalue weighted by molar-refractivity contribution is 5.85. The van der Waals surface area contributed by atoms with Crippen LogP contribution in [-0.4, -0.2) is 35.3 Å². The maximum Gasteiger partial charge on any atom is 0.227 e. The van der Waals surface area contributed by atoms with Crippen LogP contribution in [0.5, 0.6) is 0 Å². The zero-order valence-corrected chi connectivity index (χ0v) is 16.9. The van der Waals surface area contributed by atoms with Gasteiger partial charge in [0.1, 0.15) is 0 Å². The first-order valence-corrected chi connectivity index (χ1v) is 10.8. The number of carbonyl (C=O) groups excluding carboxylic acids is 1. The Balaban J connectivity index is 1.28. The quantitative estimate of drug-likeness (QED) is 0.657. The van der Waals surface area contributed by atoms with Crippen LogP contribution in [0.4, 0.5) is 0 Å². The lowest BCUT2D eigenvalue weighted by atomic mass is 9.93. The average molecular weight is 385 g/mol. The molecule has 0 aromatic heterocycles. The fourth-order valence-corrected chi connectivity index (χ4v) is 5.01. The van der Waals surface area contributed by atoms with Crippen LogP contribution in [0.15, 0.2) is 66.7 Å². The molecule has 1 unspecified atom stereocenters. The Hall–Kier alpha value is -2.65. The van der Waals surface area contributed by atoms with Crippen LogP contribution in [0.3, 0.4) is 0 Å². The molecule has 3 heteroatoms.